The van der Waals surface area contributed by atoms with Crippen LogP contribution in [0.3, 0.4) is 0 Å². The van der Waals surface area contributed by atoms with Crippen molar-refractivity contribution < 1.29 is 22.7 Å². The van der Waals surface area contributed by atoms with Gasteiger partial charge in [-0.25, -0.2) is 8.42 Å². The minimum atomic E-state index is -3.67. The van der Waals surface area contributed by atoms with Crippen LogP contribution in [0.25, 0.3) is 0 Å². The highest BCUT2D eigenvalue weighted by Crippen LogP contribution is 2.25. The van der Waals surface area contributed by atoms with E-state index < -0.39 is 10.0 Å². The van der Waals surface area contributed by atoms with Crippen molar-refractivity contribution in [1.82, 2.24) is 9.62 Å². The number of nitrogens with two attached hydrogens (primary N) is 1. The molecule has 1 saturated heterocycles. The average molecular weight is 371 g/mol. The Kier molecular flexibility index (Phi) is 7.18. The highest BCUT2D eigenvalue weighted by Gasteiger charge is 2.27. The lowest BCUT2D eigenvalue weighted by molar-refractivity contribution is 0.0730. The predicted molar refractivity (Wildman–Crippen MR) is 93.2 cm³/mol. The van der Waals surface area contributed by atoms with Crippen molar-refractivity contribution in [2.45, 2.75) is 17.7 Å². The van der Waals surface area contributed by atoms with Gasteiger partial charge in [-0.2, -0.15) is 4.31 Å². The summed E-state index contributed by atoms with van der Waals surface area (Å²) < 4.78 is 37.2. The third-order valence-corrected chi connectivity index (χ3v) is 5.83. The Balaban J connectivity index is 2.22. The standard InChI is InChI=1S/C16H25N3O5S/c1-23-15-5-4-13(25(21,22)19-8-10-24-11-9-19)12-14(15)16(20)18-7-3-2-6-17/h4-5,12H,2-3,6-11,17H2,1H3,(H,18,20). The molecule has 1 aromatic rings. The van der Waals surface area contributed by atoms with Crippen molar-refractivity contribution >= 4 is 15.9 Å². The van der Waals surface area contributed by atoms with Gasteiger partial charge in [0.05, 0.1) is 30.8 Å². The topological polar surface area (TPSA) is 111 Å². The Hall–Kier alpha value is -1.68. The molecule has 1 aliphatic rings. The molecule has 1 fully saturated rings. The molecule has 1 amide bonds. The summed E-state index contributed by atoms with van der Waals surface area (Å²) in [6.45, 7) is 2.36. The molecule has 1 aromatic carbocycles. The number of rotatable bonds is 8. The maximum Gasteiger partial charge on any atom is 0.255 e. The number of hydrogen-bond acceptors (Lipinski definition) is 6. The van der Waals surface area contributed by atoms with Gasteiger partial charge in [0.25, 0.3) is 5.91 Å². The number of carbonyl (C=O) groups excluding carboxylic acids is 1. The summed E-state index contributed by atoms with van der Waals surface area (Å²) in [4.78, 5) is 12.5. The van der Waals surface area contributed by atoms with Gasteiger partial charge < -0.3 is 20.5 Å². The fraction of sp³-hybridized carbons (Fsp3) is 0.562. The molecule has 0 spiro atoms. The predicted octanol–water partition coefficient (Wildman–Crippen LogP) is 0.185. The molecule has 3 N–H and O–H groups in total. The Morgan fingerprint density at radius 3 is 2.68 bits per heavy atom. The van der Waals surface area contributed by atoms with Gasteiger partial charge in [-0.15, -0.1) is 0 Å². The highest BCUT2D eigenvalue weighted by molar-refractivity contribution is 7.89. The summed E-state index contributed by atoms with van der Waals surface area (Å²) in [6, 6.07) is 4.32. The summed E-state index contributed by atoms with van der Waals surface area (Å²) in [5, 5.41) is 2.76. The largest absolute Gasteiger partial charge is 0.496 e. The first-order chi connectivity index (χ1) is 12.0. The fourth-order valence-electron chi connectivity index (χ4n) is 2.53. The van der Waals surface area contributed by atoms with E-state index >= 15 is 0 Å². The van der Waals surface area contributed by atoms with E-state index in [1.165, 1.54) is 29.6 Å². The number of sulfonamides is 1. The molecule has 0 aliphatic carbocycles. The lowest BCUT2D eigenvalue weighted by Crippen LogP contribution is -2.40. The van der Waals surface area contributed by atoms with Crippen molar-refractivity contribution in [2.75, 3.05) is 46.5 Å². The molecule has 9 heteroatoms. The van der Waals surface area contributed by atoms with Gasteiger partial charge in [-0.05, 0) is 37.6 Å². The van der Waals surface area contributed by atoms with Gasteiger partial charge in [-0.3, -0.25) is 4.79 Å². The van der Waals surface area contributed by atoms with Crippen LogP contribution in [0.15, 0.2) is 23.1 Å². The van der Waals surface area contributed by atoms with E-state index in [-0.39, 0.29) is 16.4 Å². The van der Waals surface area contributed by atoms with Gasteiger partial charge in [0.2, 0.25) is 10.0 Å². The van der Waals surface area contributed by atoms with Crippen LogP contribution in [0.1, 0.15) is 23.2 Å². The summed E-state index contributed by atoms with van der Waals surface area (Å²) in [6.07, 6.45) is 1.57. The van der Waals surface area contributed by atoms with Crippen LogP contribution in [0.2, 0.25) is 0 Å². The first kappa shape index (κ1) is 19.6. The fourth-order valence-corrected chi connectivity index (χ4v) is 3.96. The van der Waals surface area contributed by atoms with Gasteiger partial charge in [0.1, 0.15) is 5.75 Å². The number of unbranched alkanes of at least 4 members (excludes halogenated alkanes) is 1. The van der Waals surface area contributed by atoms with E-state index in [9.17, 15) is 13.2 Å². The molecular formula is C16H25N3O5S. The third-order valence-electron chi connectivity index (χ3n) is 3.94. The number of nitrogens with zero attached hydrogens (tertiary/aromatic N) is 1. The second-order valence-electron chi connectivity index (χ2n) is 5.63. The maximum absolute atomic E-state index is 12.7. The Labute approximate surface area is 148 Å². The van der Waals surface area contributed by atoms with Crippen LogP contribution in [0.4, 0.5) is 0 Å². The van der Waals surface area contributed by atoms with E-state index in [1.54, 1.807) is 0 Å². The van der Waals surface area contributed by atoms with Gasteiger partial charge in [-0.1, -0.05) is 0 Å². The normalized spacial score (nSPS) is 15.8. The molecule has 0 bridgehead atoms. The lowest BCUT2D eigenvalue weighted by atomic mass is 10.2. The van der Waals surface area contributed by atoms with Gasteiger partial charge >= 0.3 is 0 Å². The van der Waals surface area contributed by atoms with Crippen molar-refractivity contribution in [3.05, 3.63) is 23.8 Å². The molecule has 2 rings (SSSR count). The molecule has 8 nitrogen and oxygen atoms in total. The summed E-state index contributed by atoms with van der Waals surface area (Å²) in [5.74, 6) is -0.0369. The van der Waals surface area contributed by atoms with Crippen LogP contribution < -0.4 is 15.8 Å². The molecule has 0 atom stereocenters. The van der Waals surface area contributed by atoms with E-state index in [4.69, 9.17) is 15.2 Å². The van der Waals surface area contributed by atoms with E-state index in [0.717, 1.165) is 12.8 Å². The monoisotopic (exact) mass is 371 g/mol. The van der Waals surface area contributed by atoms with Gasteiger partial charge in [0, 0.05) is 19.6 Å². The first-order valence-corrected chi connectivity index (χ1v) is 9.69. The lowest BCUT2D eigenvalue weighted by Gasteiger charge is -2.26. The number of methoxy groups -OCH3 is 1. The van der Waals surface area contributed by atoms with Crippen LogP contribution >= 0.6 is 0 Å². The number of benzene rings is 1. The molecule has 0 saturated carbocycles. The number of amides is 1. The van der Waals surface area contributed by atoms with Gasteiger partial charge in [0.15, 0.2) is 0 Å². The summed E-state index contributed by atoms with van der Waals surface area (Å²) >= 11 is 0. The van der Waals surface area contributed by atoms with E-state index in [2.05, 4.69) is 5.32 Å². The van der Waals surface area contributed by atoms with Crippen LogP contribution in [-0.4, -0.2) is 65.1 Å². The summed E-state index contributed by atoms with van der Waals surface area (Å²) in [7, 11) is -2.23. The average Bonchev–Trinajstić information content (AvgIpc) is 2.65. The Morgan fingerprint density at radius 2 is 2.04 bits per heavy atom. The summed E-state index contributed by atoms with van der Waals surface area (Å²) in [5.41, 5.74) is 5.63. The molecule has 1 aliphatic heterocycles. The molecule has 1 heterocycles. The van der Waals surface area contributed by atoms with Crippen molar-refractivity contribution in [3.8, 4) is 5.75 Å². The zero-order chi connectivity index (χ0) is 18.3. The maximum atomic E-state index is 12.7. The van der Waals surface area contributed by atoms with Crippen LogP contribution in [0.5, 0.6) is 5.75 Å². The van der Waals surface area contributed by atoms with Crippen LogP contribution in [-0.2, 0) is 14.8 Å². The van der Waals surface area contributed by atoms with Crippen molar-refractivity contribution in [1.29, 1.82) is 0 Å². The van der Waals surface area contributed by atoms with Crippen LogP contribution in [0, 0.1) is 0 Å². The molecule has 25 heavy (non-hydrogen) atoms. The minimum absolute atomic E-state index is 0.0716. The first-order valence-electron chi connectivity index (χ1n) is 8.25. The number of morpholine rings is 1. The number of hydrogen-bond donors (Lipinski definition) is 2. The Bertz CT molecular complexity index is 687. The second kappa shape index (κ2) is 9.14. The minimum Gasteiger partial charge on any atom is -0.496 e. The molecule has 140 valence electrons. The Morgan fingerprint density at radius 1 is 1.32 bits per heavy atom. The molecular weight excluding hydrogens is 346 g/mol. The number of carbonyl (C=O) groups is 1. The van der Waals surface area contributed by atoms with E-state index in [0.29, 0.717) is 45.1 Å². The van der Waals surface area contributed by atoms with Crippen molar-refractivity contribution in [2.24, 2.45) is 5.73 Å². The second-order valence-corrected chi connectivity index (χ2v) is 7.57. The SMILES string of the molecule is COc1ccc(S(=O)(=O)N2CCOCC2)cc1C(=O)NCCCCN. The highest BCUT2D eigenvalue weighted by atomic mass is 32.2. The zero-order valence-corrected chi connectivity index (χ0v) is 15.2. The smallest absolute Gasteiger partial charge is 0.255 e. The quantitative estimate of drug-likeness (QED) is 0.631. The van der Waals surface area contributed by atoms with E-state index in [1.807, 2.05) is 0 Å². The molecule has 0 radical (unpaired) electrons. The molecule has 0 unspecified atom stereocenters. The van der Waals surface area contributed by atoms with Crippen molar-refractivity contribution in [3.63, 3.8) is 0 Å². The zero-order valence-electron chi connectivity index (χ0n) is 14.4. The number of nitrogens with one attached hydrogen (secondary N) is 1. The number of ether oxygens (including phenoxy) is 2. The third kappa shape index (κ3) is 4.91. The molecule has 0 aromatic heterocycles.